The minimum atomic E-state index is -4.22. The second kappa shape index (κ2) is 10.7. The molecule has 0 radical (unpaired) electrons. The van der Waals surface area contributed by atoms with E-state index in [0.717, 1.165) is 6.07 Å². The van der Waals surface area contributed by atoms with Gasteiger partial charge in [0.1, 0.15) is 10.7 Å². The summed E-state index contributed by atoms with van der Waals surface area (Å²) < 4.78 is 67.8. The summed E-state index contributed by atoms with van der Waals surface area (Å²) in [7, 11) is -5.74. The van der Waals surface area contributed by atoms with E-state index in [4.69, 9.17) is 32.7 Å². The molecule has 38 heavy (non-hydrogen) atoms. The first-order chi connectivity index (χ1) is 17.9. The van der Waals surface area contributed by atoms with Crippen LogP contribution in [0, 0.1) is 10.6 Å². The van der Waals surface area contributed by atoms with Crippen LogP contribution in [0.2, 0.25) is 10.0 Å². The van der Waals surface area contributed by atoms with Gasteiger partial charge in [-0.2, -0.15) is 4.98 Å². The van der Waals surface area contributed by atoms with Gasteiger partial charge in [-0.15, -0.1) is 0 Å². The Morgan fingerprint density at radius 2 is 1.76 bits per heavy atom. The smallest absolute Gasteiger partial charge is 0.263 e. The minimum absolute atomic E-state index is 0.0458. The third-order valence-electron chi connectivity index (χ3n) is 5.22. The molecule has 0 aliphatic heterocycles. The Labute approximate surface area is 229 Å². The Balaban J connectivity index is 1.60. The van der Waals surface area contributed by atoms with Crippen molar-refractivity contribution in [1.29, 1.82) is 4.78 Å². The van der Waals surface area contributed by atoms with E-state index < -0.39 is 25.6 Å². The maximum Gasteiger partial charge on any atom is 0.263 e. The van der Waals surface area contributed by atoms with Crippen LogP contribution in [0.25, 0.3) is 11.1 Å². The summed E-state index contributed by atoms with van der Waals surface area (Å²) in [6.07, 6.45) is 2.73. The highest BCUT2D eigenvalue weighted by Gasteiger charge is 2.22. The zero-order valence-electron chi connectivity index (χ0n) is 19.8. The zero-order chi connectivity index (χ0) is 27.7. The van der Waals surface area contributed by atoms with E-state index in [1.54, 1.807) is 24.3 Å². The lowest BCUT2D eigenvalue weighted by Gasteiger charge is -2.13. The molecule has 0 spiro atoms. The van der Waals surface area contributed by atoms with Gasteiger partial charge in [-0.25, -0.2) is 26.8 Å². The number of anilines is 3. The van der Waals surface area contributed by atoms with Crippen molar-refractivity contribution in [2.45, 2.75) is 9.79 Å². The van der Waals surface area contributed by atoms with Gasteiger partial charge in [0, 0.05) is 23.0 Å². The molecule has 1 atom stereocenters. The summed E-state index contributed by atoms with van der Waals surface area (Å²) in [5.74, 6) is -0.584. The summed E-state index contributed by atoms with van der Waals surface area (Å²) in [5.41, 5.74) is 0.892. The van der Waals surface area contributed by atoms with Crippen LogP contribution in [0.5, 0.6) is 5.88 Å². The van der Waals surface area contributed by atoms with Gasteiger partial charge in [-0.1, -0.05) is 41.4 Å². The number of rotatable bonds is 8. The van der Waals surface area contributed by atoms with E-state index in [-0.39, 0.29) is 32.5 Å². The normalized spacial score (nSPS) is 13.0. The minimum Gasteiger partial charge on any atom is -0.480 e. The highest BCUT2D eigenvalue weighted by Crippen LogP contribution is 2.34. The molecule has 0 saturated heterocycles. The average Bonchev–Trinajstić information content (AvgIpc) is 2.86. The predicted octanol–water partition coefficient (Wildman–Crippen LogP) is 6.18. The Bertz CT molecular complexity index is 1750. The van der Waals surface area contributed by atoms with Crippen LogP contribution in [-0.4, -0.2) is 36.0 Å². The zero-order valence-corrected chi connectivity index (χ0v) is 23.0. The van der Waals surface area contributed by atoms with Crippen molar-refractivity contribution in [1.82, 2.24) is 9.97 Å². The molecule has 0 fully saturated rings. The molecule has 1 aromatic heterocycles. The molecular weight excluding hydrogens is 576 g/mol. The number of benzene rings is 3. The molecule has 4 rings (SSSR count). The molecular formula is C24H20Cl2FN5O4S2. The van der Waals surface area contributed by atoms with Crippen LogP contribution in [-0.2, 0) is 19.8 Å². The molecule has 4 aromatic rings. The summed E-state index contributed by atoms with van der Waals surface area (Å²) in [4.78, 5) is 8.59. The van der Waals surface area contributed by atoms with Crippen LogP contribution < -0.4 is 14.8 Å². The van der Waals surface area contributed by atoms with Crippen LogP contribution in [0.1, 0.15) is 0 Å². The first-order valence-corrected chi connectivity index (χ1v) is 14.9. The van der Waals surface area contributed by atoms with E-state index in [2.05, 4.69) is 20.0 Å². The predicted molar refractivity (Wildman–Crippen MR) is 146 cm³/mol. The number of halogens is 3. The molecule has 14 heteroatoms. The monoisotopic (exact) mass is 595 g/mol. The number of nitrogens with zero attached hydrogens (tertiary/aromatic N) is 2. The van der Waals surface area contributed by atoms with E-state index in [9.17, 15) is 17.0 Å². The van der Waals surface area contributed by atoms with Gasteiger partial charge in [0.25, 0.3) is 10.0 Å². The molecule has 0 unspecified atom stereocenters. The molecule has 198 valence electrons. The average molecular weight is 596 g/mol. The number of methoxy groups -OCH3 is 1. The number of aromatic nitrogens is 2. The summed E-state index contributed by atoms with van der Waals surface area (Å²) in [5, 5.41) is 2.83. The molecule has 1 heterocycles. The van der Waals surface area contributed by atoms with Crippen molar-refractivity contribution in [3.63, 3.8) is 0 Å². The van der Waals surface area contributed by atoms with Crippen LogP contribution in [0.15, 0.2) is 76.7 Å². The first kappa shape index (κ1) is 27.6. The quantitative estimate of drug-likeness (QED) is 0.221. The fraction of sp³-hybridized carbons (Fsp3) is 0.0833. The maximum absolute atomic E-state index is 15.0. The van der Waals surface area contributed by atoms with Gasteiger partial charge in [0.2, 0.25) is 11.8 Å². The van der Waals surface area contributed by atoms with Gasteiger partial charge in [0.05, 0.1) is 38.1 Å². The Morgan fingerprint density at radius 1 is 1.03 bits per heavy atom. The van der Waals surface area contributed by atoms with Crippen molar-refractivity contribution in [2.75, 3.05) is 23.4 Å². The fourth-order valence-electron chi connectivity index (χ4n) is 3.38. The van der Waals surface area contributed by atoms with E-state index >= 15 is 0 Å². The number of ether oxygens (including phenoxy) is 1. The van der Waals surface area contributed by atoms with Crippen molar-refractivity contribution >= 4 is 60.3 Å². The molecule has 3 N–H and O–H groups in total. The first-order valence-electron chi connectivity index (χ1n) is 10.7. The third-order valence-corrected chi connectivity index (χ3v) is 8.71. The SMILES string of the molecule is COc1nc(Nc2cccc([S@@](C)(=N)=O)c2)ncc1-c1ccc(NS(=O)(=O)c2cccc(Cl)c2Cl)c(F)c1. The van der Waals surface area contributed by atoms with Crippen molar-refractivity contribution < 1.29 is 21.8 Å². The second-order valence-electron chi connectivity index (χ2n) is 7.97. The van der Waals surface area contributed by atoms with Crippen LogP contribution >= 0.6 is 23.2 Å². The molecule has 0 saturated carbocycles. The number of sulfonamides is 1. The van der Waals surface area contributed by atoms with Gasteiger partial charge >= 0.3 is 0 Å². The highest BCUT2D eigenvalue weighted by atomic mass is 35.5. The number of nitrogens with one attached hydrogen (secondary N) is 3. The number of hydrogen-bond acceptors (Lipinski definition) is 8. The Hall–Kier alpha value is -3.45. The molecule has 0 amide bonds. The molecule has 0 aliphatic carbocycles. The highest BCUT2D eigenvalue weighted by molar-refractivity contribution is 7.93. The lowest BCUT2D eigenvalue weighted by atomic mass is 10.1. The lowest BCUT2D eigenvalue weighted by molar-refractivity contribution is 0.399. The molecule has 3 aromatic carbocycles. The Kier molecular flexibility index (Phi) is 7.79. The van der Waals surface area contributed by atoms with E-state index in [0.29, 0.717) is 21.7 Å². The summed E-state index contributed by atoms with van der Waals surface area (Å²) in [6.45, 7) is 0. The van der Waals surface area contributed by atoms with Gasteiger partial charge in [-0.05, 0) is 48.0 Å². The largest absolute Gasteiger partial charge is 0.480 e. The Morgan fingerprint density at radius 3 is 2.45 bits per heavy atom. The number of hydrogen-bond donors (Lipinski definition) is 3. The molecule has 0 aliphatic rings. The topological polar surface area (TPSA) is 134 Å². The maximum atomic E-state index is 15.0. The van der Waals surface area contributed by atoms with Gasteiger partial charge < -0.3 is 10.1 Å². The standard InChI is InChI=1S/C24H20Cl2FN5O4S2/c1-36-23-17(13-29-24(31-23)30-15-5-3-6-16(12-15)37(2,28)33)14-9-10-20(19(27)11-14)32-38(34,35)21-8-4-7-18(25)22(21)26/h3-13,28,32H,1-2H3,(H,29,30,31)/t37-/m0/s1. The summed E-state index contributed by atoms with van der Waals surface area (Å²) in [6, 6.07) is 14.5. The van der Waals surface area contributed by atoms with E-state index in [1.165, 1.54) is 49.9 Å². The van der Waals surface area contributed by atoms with Crippen molar-refractivity contribution in [3.8, 4) is 17.0 Å². The second-order valence-corrected chi connectivity index (χ2v) is 12.6. The third kappa shape index (κ3) is 5.99. The van der Waals surface area contributed by atoms with E-state index in [1.807, 2.05) is 0 Å². The fourth-order valence-corrected chi connectivity index (χ4v) is 5.90. The molecule has 0 bridgehead atoms. The van der Waals surface area contributed by atoms with Gasteiger partial charge in [-0.3, -0.25) is 4.72 Å². The lowest BCUT2D eigenvalue weighted by Crippen LogP contribution is -2.14. The van der Waals surface area contributed by atoms with Crippen molar-refractivity contribution in [3.05, 3.63) is 82.7 Å². The summed E-state index contributed by atoms with van der Waals surface area (Å²) >= 11 is 11.9. The van der Waals surface area contributed by atoms with Crippen LogP contribution in [0.4, 0.5) is 21.7 Å². The van der Waals surface area contributed by atoms with Gasteiger partial charge in [0.15, 0.2) is 0 Å². The van der Waals surface area contributed by atoms with Crippen LogP contribution in [0.3, 0.4) is 0 Å². The van der Waals surface area contributed by atoms with Crippen molar-refractivity contribution in [2.24, 2.45) is 0 Å². The molecule has 9 nitrogen and oxygen atoms in total.